The maximum absolute atomic E-state index is 11.9. The van der Waals surface area contributed by atoms with Crippen LogP contribution in [0.2, 0.25) is 0 Å². The van der Waals surface area contributed by atoms with Crippen molar-refractivity contribution in [2.45, 2.75) is 64.6 Å². The number of carbonyl (C=O) groups is 3. The van der Waals surface area contributed by atoms with Crippen LogP contribution in [0.5, 0.6) is 0 Å². The minimum absolute atomic E-state index is 0.0712. The van der Waals surface area contributed by atoms with Gasteiger partial charge in [0.05, 0.1) is 19.0 Å². The zero-order chi connectivity index (χ0) is 27.2. The smallest absolute Gasteiger partial charge is 0.407 e. The van der Waals surface area contributed by atoms with Crippen LogP contribution in [0, 0.1) is 0 Å². The van der Waals surface area contributed by atoms with Gasteiger partial charge in [0, 0.05) is 20.0 Å². The quantitative estimate of drug-likeness (QED) is 0.0886. The summed E-state index contributed by atoms with van der Waals surface area (Å²) in [4.78, 5) is 51.0. The van der Waals surface area contributed by atoms with E-state index in [-0.39, 0.29) is 44.2 Å². The molecule has 2 aromatic heterocycles. The van der Waals surface area contributed by atoms with Crippen LogP contribution in [-0.4, -0.2) is 80.5 Å². The average Bonchev–Trinajstić information content (AvgIpc) is 3.25. The third-order valence-corrected chi connectivity index (χ3v) is 5.13. The van der Waals surface area contributed by atoms with Crippen molar-refractivity contribution in [3.05, 3.63) is 12.7 Å². The third-order valence-electron chi connectivity index (χ3n) is 5.13. The predicted octanol–water partition coefficient (Wildman–Crippen LogP) is 0.593. The van der Waals surface area contributed by atoms with E-state index in [9.17, 15) is 19.5 Å². The summed E-state index contributed by atoms with van der Waals surface area (Å²) in [5, 5.41) is 14.8. The van der Waals surface area contributed by atoms with E-state index in [0.717, 1.165) is 12.8 Å². The van der Waals surface area contributed by atoms with E-state index in [4.69, 9.17) is 20.9 Å². The van der Waals surface area contributed by atoms with E-state index >= 15 is 0 Å². The fourth-order valence-corrected chi connectivity index (χ4v) is 3.34. The van der Waals surface area contributed by atoms with Crippen molar-refractivity contribution in [3.63, 3.8) is 0 Å². The van der Waals surface area contributed by atoms with Crippen LogP contribution in [0.3, 0.4) is 0 Å². The second-order valence-corrected chi connectivity index (χ2v) is 8.36. The molecule has 37 heavy (non-hydrogen) atoms. The summed E-state index contributed by atoms with van der Waals surface area (Å²) >= 11 is 0. The number of guanidine groups is 1. The number of anilines is 1. The summed E-state index contributed by atoms with van der Waals surface area (Å²) in [7, 11) is 0. The number of alkyl carbamates (subject to hydrolysis) is 1. The highest BCUT2D eigenvalue weighted by molar-refractivity contribution is 5.82. The molecule has 0 radical (unpaired) electrons. The first-order chi connectivity index (χ1) is 17.7. The Bertz CT molecular complexity index is 1070. The highest BCUT2D eigenvalue weighted by Gasteiger charge is 2.20. The Hall–Kier alpha value is -4.17. The van der Waals surface area contributed by atoms with Crippen LogP contribution in [0.25, 0.3) is 11.2 Å². The molecule has 15 nitrogen and oxygen atoms in total. The maximum Gasteiger partial charge on any atom is 0.407 e. The van der Waals surface area contributed by atoms with E-state index in [1.54, 1.807) is 6.33 Å². The largest absolute Gasteiger partial charge is 0.480 e. The van der Waals surface area contributed by atoms with Crippen molar-refractivity contribution in [2.75, 3.05) is 25.1 Å². The van der Waals surface area contributed by atoms with Crippen molar-refractivity contribution in [3.8, 4) is 0 Å². The van der Waals surface area contributed by atoms with Gasteiger partial charge in [0.2, 0.25) is 0 Å². The number of carboxylic acid groups (broad SMARTS) is 1. The Labute approximate surface area is 214 Å². The zero-order valence-corrected chi connectivity index (χ0v) is 21.1. The third kappa shape index (κ3) is 10.5. The molecule has 7 N–H and O–H groups in total. The zero-order valence-electron chi connectivity index (χ0n) is 21.1. The summed E-state index contributed by atoms with van der Waals surface area (Å²) in [6.45, 7) is 4.51. The van der Waals surface area contributed by atoms with E-state index in [2.05, 4.69) is 30.6 Å². The Balaban J connectivity index is 1.72. The Morgan fingerprint density at radius 1 is 1.14 bits per heavy atom. The summed E-state index contributed by atoms with van der Waals surface area (Å²) in [6.07, 6.45) is 5.08. The van der Waals surface area contributed by atoms with Crippen LogP contribution in [0.1, 0.15) is 46.0 Å². The van der Waals surface area contributed by atoms with Crippen LogP contribution < -0.4 is 22.1 Å². The standard InChI is InChI=1S/C22H35N9O6/c1-14(11-37-15(2)32)29-18-17-19(27-12-26-18)31(13-28-17)9-4-3-5-10-36-22(35)30-16(20(33)34)7-6-8-25-21(23)24/h12-14,16H,3-11H2,1-2H3,(H,30,35)(H,33,34)(H4,23,24,25)(H,26,27,29)/t14?,16-/m1/s1. The topological polar surface area (TPSA) is 222 Å². The van der Waals surface area contributed by atoms with Crippen molar-refractivity contribution < 1.29 is 29.0 Å². The molecule has 0 aromatic carbocycles. The molecule has 2 atom stereocenters. The molecule has 0 saturated heterocycles. The molecular weight excluding hydrogens is 486 g/mol. The number of carbonyl (C=O) groups excluding carboxylic acids is 2. The van der Waals surface area contributed by atoms with Gasteiger partial charge in [-0.2, -0.15) is 0 Å². The average molecular weight is 522 g/mol. The number of carboxylic acids is 1. The summed E-state index contributed by atoms with van der Waals surface area (Å²) < 4.78 is 12.0. The van der Waals surface area contributed by atoms with Gasteiger partial charge < -0.3 is 41.2 Å². The molecule has 0 fully saturated rings. The number of aromatic nitrogens is 4. The highest BCUT2D eigenvalue weighted by atomic mass is 16.5. The number of esters is 1. The number of aliphatic carboxylic acids is 1. The van der Waals surface area contributed by atoms with Gasteiger partial charge in [-0.1, -0.05) is 0 Å². The number of rotatable bonds is 16. The van der Waals surface area contributed by atoms with E-state index in [0.29, 0.717) is 36.4 Å². The van der Waals surface area contributed by atoms with Crippen LogP contribution in [-0.2, 0) is 25.6 Å². The molecule has 2 heterocycles. The molecule has 0 aliphatic carbocycles. The van der Waals surface area contributed by atoms with Gasteiger partial charge in [-0.3, -0.25) is 9.79 Å². The number of hydrogen-bond donors (Lipinski definition) is 5. The monoisotopic (exact) mass is 521 g/mol. The van der Waals surface area contributed by atoms with Crippen molar-refractivity contribution >= 4 is 41.0 Å². The number of nitrogens with two attached hydrogens (primary N) is 2. The van der Waals surface area contributed by atoms with E-state index in [1.807, 2.05) is 11.5 Å². The van der Waals surface area contributed by atoms with Crippen molar-refractivity contribution in [1.82, 2.24) is 24.8 Å². The SMILES string of the molecule is CC(=O)OCC(C)Nc1ncnc2c1ncn2CCCCCOC(=O)N[C@H](CCCN=C(N)N)C(=O)O. The van der Waals surface area contributed by atoms with Gasteiger partial charge in [-0.05, 0) is 39.0 Å². The Kier molecular flexibility index (Phi) is 11.8. The number of unbranched alkanes of at least 4 members (excludes halogenated alkanes) is 2. The molecular formula is C22H35N9O6. The fourth-order valence-electron chi connectivity index (χ4n) is 3.34. The Morgan fingerprint density at radius 3 is 2.62 bits per heavy atom. The number of fused-ring (bicyclic) bond motifs is 1. The molecule has 0 saturated carbocycles. The molecule has 0 bridgehead atoms. The fraction of sp³-hybridized carbons (Fsp3) is 0.591. The molecule has 2 rings (SSSR count). The minimum atomic E-state index is -1.16. The molecule has 0 spiro atoms. The van der Waals surface area contributed by atoms with E-state index < -0.39 is 18.1 Å². The minimum Gasteiger partial charge on any atom is -0.480 e. The lowest BCUT2D eigenvalue weighted by Crippen LogP contribution is -2.41. The van der Waals surface area contributed by atoms with Crippen LogP contribution in [0.15, 0.2) is 17.6 Å². The predicted molar refractivity (Wildman–Crippen MR) is 135 cm³/mol. The second-order valence-electron chi connectivity index (χ2n) is 8.36. The van der Waals surface area contributed by atoms with Crippen molar-refractivity contribution in [1.29, 1.82) is 0 Å². The number of aryl methyl sites for hydroxylation is 1. The van der Waals surface area contributed by atoms with Gasteiger partial charge in [-0.25, -0.2) is 24.5 Å². The number of imidazole rings is 1. The van der Waals surface area contributed by atoms with Gasteiger partial charge in [0.15, 0.2) is 17.4 Å². The number of ether oxygens (including phenoxy) is 2. The first-order valence-electron chi connectivity index (χ1n) is 11.9. The molecule has 204 valence electrons. The molecule has 0 aliphatic heterocycles. The number of hydrogen-bond acceptors (Lipinski definition) is 10. The number of amides is 1. The molecule has 1 amide bonds. The van der Waals surface area contributed by atoms with Gasteiger partial charge >= 0.3 is 18.0 Å². The first-order valence-corrected chi connectivity index (χ1v) is 11.9. The number of nitrogens with one attached hydrogen (secondary N) is 2. The van der Waals surface area contributed by atoms with Crippen LogP contribution >= 0.6 is 0 Å². The first kappa shape index (κ1) is 29.1. The molecule has 1 unspecified atom stereocenters. The lowest BCUT2D eigenvalue weighted by molar-refractivity contribution is -0.141. The summed E-state index contributed by atoms with van der Waals surface area (Å²) in [6, 6.07) is -1.23. The van der Waals surface area contributed by atoms with Crippen molar-refractivity contribution in [2.24, 2.45) is 16.5 Å². The maximum atomic E-state index is 11.9. The van der Waals surface area contributed by atoms with Gasteiger partial charge in [0.1, 0.15) is 24.5 Å². The highest BCUT2D eigenvalue weighted by Crippen LogP contribution is 2.18. The van der Waals surface area contributed by atoms with Gasteiger partial charge in [-0.15, -0.1) is 0 Å². The number of aliphatic imine (C=N–C) groups is 1. The lowest BCUT2D eigenvalue weighted by atomic mass is 10.1. The lowest BCUT2D eigenvalue weighted by Gasteiger charge is -2.14. The van der Waals surface area contributed by atoms with Crippen LogP contribution in [0.4, 0.5) is 10.6 Å². The molecule has 0 aliphatic rings. The normalized spacial score (nSPS) is 12.4. The number of nitrogens with zero attached hydrogens (tertiary/aromatic N) is 5. The second kappa shape index (κ2) is 15.1. The summed E-state index contributed by atoms with van der Waals surface area (Å²) in [5.41, 5.74) is 11.7. The molecule has 15 heteroatoms. The van der Waals surface area contributed by atoms with E-state index in [1.165, 1.54) is 13.3 Å². The van der Waals surface area contributed by atoms with Gasteiger partial charge in [0.25, 0.3) is 0 Å². The molecule has 2 aromatic rings. The Morgan fingerprint density at radius 2 is 1.92 bits per heavy atom. The summed E-state index contributed by atoms with van der Waals surface area (Å²) in [5.74, 6) is -1.02.